The minimum atomic E-state index is -0.618. The lowest BCUT2D eigenvalue weighted by Crippen LogP contribution is -2.61. The van der Waals surface area contributed by atoms with Crippen molar-refractivity contribution in [3.8, 4) is 17.2 Å². The van der Waals surface area contributed by atoms with E-state index in [4.69, 9.17) is 14.2 Å². The van der Waals surface area contributed by atoms with Gasteiger partial charge in [0.05, 0.1) is 14.2 Å². The number of aryl methyl sites for hydroxylation is 2. The first-order chi connectivity index (χ1) is 14.5. The molecule has 4 rings (SSSR count). The van der Waals surface area contributed by atoms with Crippen molar-refractivity contribution in [1.82, 2.24) is 0 Å². The molecule has 30 heavy (non-hydrogen) atoms. The predicted molar refractivity (Wildman–Crippen MR) is 117 cm³/mol. The molecule has 0 bridgehead atoms. The van der Waals surface area contributed by atoms with Crippen LogP contribution in [0.3, 0.4) is 0 Å². The average Bonchev–Trinajstić information content (AvgIpc) is 2.78. The number of hydrogen-bond donors (Lipinski definition) is 0. The van der Waals surface area contributed by atoms with Gasteiger partial charge >= 0.3 is 0 Å². The van der Waals surface area contributed by atoms with Crippen molar-refractivity contribution in [1.29, 1.82) is 0 Å². The zero-order valence-corrected chi connectivity index (χ0v) is 17.6. The fourth-order valence-electron chi connectivity index (χ4n) is 3.75. The number of para-hydroxylation sites is 1. The van der Waals surface area contributed by atoms with Crippen molar-refractivity contribution in [3.63, 3.8) is 0 Å². The third kappa shape index (κ3) is 3.47. The lowest BCUT2D eigenvalue weighted by atomic mass is 9.89. The first-order valence-corrected chi connectivity index (χ1v) is 9.87. The molecule has 1 amide bonds. The summed E-state index contributed by atoms with van der Waals surface area (Å²) in [5.41, 5.74) is 4.10. The van der Waals surface area contributed by atoms with Crippen molar-refractivity contribution in [3.05, 3.63) is 83.4 Å². The number of ether oxygens (including phenoxy) is 3. The summed E-state index contributed by atoms with van der Waals surface area (Å²) in [6.07, 6.45) is -0.618. The van der Waals surface area contributed by atoms with Crippen LogP contribution >= 0.6 is 0 Å². The molecule has 154 valence electrons. The second-order valence-electron chi connectivity index (χ2n) is 7.39. The van der Waals surface area contributed by atoms with Crippen molar-refractivity contribution >= 4 is 11.6 Å². The Morgan fingerprint density at radius 3 is 2.20 bits per heavy atom. The number of nitrogens with zero attached hydrogens (tertiary/aromatic N) is 1. The number of carbonyl (C=O) groups excluding carboxylic acids is 1. The van der Waals surface area contributed by atoms with Gasteiger partial charge in [-0.15, -0.1) is 0 Å². The number of hydrogen-bond acceptors (Lipinski definition) is 4. The molecule has 1 fully saturated rings. The number of benzene rings is 3. The Bertz CT molecular complexity index is 1060. The van der Waals surface area contributed by atoms with Gasteiger partial charge in [0.1, 0.15) is 11.8 Å². The first kappa shape index (κ1) is 19.8. The highest BCUT2D eigenvalue weighted by atomic mass is 16.5. The summed E-state index contributed by atoms with van der Waals surface area (Å²) in [5, 5.41) is 0. The maximum absolute atomic E-state index is 13.2. The summed E-state index contributed by atoms with van der Waals surface area (Å²) >= 11 is 0. The van der Waals surface area contributed by atoms with Gasteiger partial charge in [0, 0.05) is 5.69 Å². The maximum atomic E-state index is 13.2. The molecule has 1 aliphatic heterocycles. The minimum Gasteiger partial charge on any atom is -0.493 e. The molecule has 0 radical (unpaired) electrons. The van der Waals surface area contributed by atoms with Crippen molar-refractivity contribution in [2.45, 2.75) is 26.0 Å². The van der Waals surface area contributed by atoms with Crippen LogP contribution in [0.2, 0.25) is 0 Å². The number of β-lactam (4-membered cyclic amide) rings is 1. The molecular formula is C25H25NO4. The maximum Gasteiger partial charge on any atom is 0.271 e. The number of carbonyl (C=O) groups is 1. The minimum absolute atomic E-state index is 0.0677. The molecule has 1 heterocycles. The SMILES string of the molecule is COc1ccc([C@H]2[C@H](Oc3ccccc3)C(=O)N2c2ccc(C)c(C)c2)cc1OC. The summed E-state index contributed by atoms with van der Waals surface area (Å²) < 4.78 is 17.0. The zero-order chi connectivity index (χ0) is 21.3. The monoisotopic (exact) mass is 403 g/mol. The molecule has 5 heteroatoms. The zero-order valence-electron chi connectivity index (χ0n) is 17.6. The quantitative estimate of drug-likeness (QED) is 0.552. The Labute approximate surface area is 176 Å². The standard InChI is InChI=1S/C25H25NO4/c1-16-10-12-19(14-17(16)2)26-23(18-11-13-21(28-3)22(15-18)29-4)24(25(26)27)30-20-8-6-5-7-9-20/h5-15,23-24H,1-4H3/t23-,24-/m0/s1. The van der Waals surface area contributed by atoms with E-state index in [1.54, 1.807) is 19.1 Å². The van der Waals surface area contributed by atoms with Crippen LogP contribution in [0.4, 0.5) is 5.69 Å². The summed E-state index contributed by atoms with van der Waals surface area (Å²) in [4.78, 5) is 15.0. The second kappa shape index (κ2) is 8.11. The van der Waals surface area contributed by atoms with E-state index in [1.807, 2.05) is 73.7 Å². The smallest absolute Gasteiger partial charge is 0.271 e. The largest absolute Gasteiger partial charge is 0.493 e. The summed E-state index contributed by atoms with van der Waals surface area (Å²) in [6, 6.07) is 20.9. The van der Waals surface area contributed by atoms with Crippen LogP contribution in [0, 0.1) is 13.8 Å². The Kier molecular flexibility index (Phi) is 5.36. The van der Waals surface area contributed by atoms with E-state index < -0.39 is 6.10 Å². The fourth-order valence-corrected chi connectivity index (χ4v) is 3.75. The molecular weight excluding hydrogens is 378 g/mol. The first-order valence-electron chi connectivity index (χ1n) is 9.87. The van der Waals surface area contributed by atoms with Gasteiger partial charge in [-0.05, 0) is 66.9 Å². The van der Waals surface area contributed by atoms with Crippen LogP contribution in [0.15, 0.2) is 66.7 Å². The molecule has 5 nitrogen and oxygen atoms in total. The fraction of sp³-hybridized carbons (Fsp3) is 0.240. The van der Waals surface area contributed by atoms with Gasteiger partial charge in [-0.1, -0.05) is 30.3 Å². The molecule has 2 atom stereocenters. The van der Waals surface area contributed by atoms with E-state index in [0.717, 1.165) is 16.8 Å². The van der Waals surface area contributed by atoms with E-state index in [0.29, 0.717) is 17.2 Å². The predicted octanol–water partition coefficient (Wildman–Crippen LogP) is 4.86. The molecule has 0 saturated carbocycles. The van der Waals surface area contributed by atoms with Gasteiger partial charge in [0.2, 0.25) is 6.10 Å². The third-order valence-electron chi connectivity index (χ3n) is 5.57. The van der Waals surface area contributed by atoms with Crippen molar-refractivity contribution in [2.75, 3.05) is 19.1 Å². The summed E-state index contributed by atoms with van der Waals surface area (Å²) in [7, 11) is 3.21. The van der Waals surface area contributed by atoms with E-state index in [9.17, 15) is 4.79 Å². The topological polar surface area (TPSA) is 48.0 Å². The lowest BCUT2D eigenvalue weighted by Gasteiger charge is -2.46. The van der Waals surface area contributed by atoms with Gasteiger partial charge in [-0.2, -0.15) is 0 Å². The second-order valence-corrected chi connectivity index (χ2v) is 7.39. The Morgan fingerprint density at radius 1 is 0.800 bits per heavy atom. The normalized spacial score (nSPS) is 18.0. The van der Waals surface area contributed by atoms with Gasteiger partial charge in [-0.3, -0.25) is 9.69 Å². The molecule has 3 aromatic rings. The highest BCUT2D eigenvalue weighted by Crippen LogP contribution is 2.43. The summed E-state index contributed by atoms with van der Waals surface area (Å²) in [5.74, 6) is 1.86. The lowest BCUT2D eigenvalue weighted by molar-refractivity contribution is -0.135. The van der Waals surface area contributed by atoms with Crippen LogP contribution in [0.5, 0.6) is 17.2 Å². The van der Waals surface area contributed by atoms with E-state index >= 15 is 0 Å². The highest BCUT2D eigenvalue weighted by molar-refractivity contribution is 6.05. The number of rotatable bonds is 6. The number of methoxy groups -OCH3 is 2. The molecule has 0 spiro atoms. The van der Waals surface area contributed by atoms with E-state index in [1.165, 1.54) is 5.56 Å². The van der Waals surface area contributed by atoms with Crippen LogP contribution < -0.4 is 19.1 Å². The highest BCUT2D eigenvalue weighted by Gasteiger charge is 2.51. The Balaban J connectivity index is 1.74. The number of amides is 1. The van der Waals surface area contributed by atoms with E-state index in [-0.39, 0.29) is 11.9 Å². The third-order valence-corrected chi connectivity index (χ3v) is 5.57. The van der Waals surface area contributed by atoms with Gasteiger partial charge < -0.3 is 14.2 Å². The van der Waals surface area contributed by atoms with Crippen molar-refractivity contribution < 1.29 is 19.0 Å². The van der Waals surface area contributed by atoms with Gasteiger partial charge in [0.25, 0.3) is 5.91 Å². The Morgan fingerprint density at radius 2 is 1.53 bits per heavy atom. The molecule has 1 aliphatic rings. The van der Waals surface area contributed by atoms with Crippen LogP contribution in [-0.2, 0) is 4.79 Å². The van der Waals surface area contributed by atoms with Crippen molar-refractivity contribution in [2.24, 2.45) is 0 Å². The molecule has 0 aromatic heterocycles. The Hall–Kier alpha value is -3.47. The van der Waals surface area contributed by atoms with Gasteiger partial charge in [0.15, 0.2) is 11.5 Å². The average molecular weight is 403 g/mol. The van der Waals surface area contributed by atoms with Gasteiger partial charge in [-0.25, -0.2) is 0 Å². The summed E-state index contributed by atoms with van der Waals surface area (Å²) in [6.45, 7) is 4.11. The molecule has 3 aromatic carbocycles. The molecule has 0 unspecified atom stereocenters. The molecule has 0 aliphatic carbocycles. The molecule has 1 saturated heterocycles. The van der Waals surface area contributed by atoms with Crippen LogP contribution in [0.25, 0.3) is 0 Å². The number of anilines is 1. The molecule has 0 N–H and O–H groups in total. The van der Waals surface area contributed by atoms with E-state index in [2.05, 4.69) is 6.92 Å². The van der Waals surface area contributed by atoms with Crippen LogP contribution in [-0.4, -0.2) is 26.2 Å². The van der Waals surface area contributed by atoms with Crippen LogP contribution in [0.1, 0.15) is 22.7 Å².